The standard InChI is InChI=1S/C14H13BrINO3S/c1-9-6-11(15)7-13(21(17,18)19)14(9)20-8-10-2-4-12(16)5-3-10/h2-7H,8H2,1H3,(H2,17,18,19). The van der Waals surface area contributed by atoms with Crippen LogP contribution in [0.2, 0.25) is 0 Å². The van der Waals surface area contributed by atoms with Crippen molar-refractivity contribution < 1.29 is 13.2 Å². The van der Waals surface area contributed by atoms with Gasteiger partial charge >= 0.3 is 0 Å². The molecule has 0 aliphatic rings. The smallest absolute Gasteiger partial charge is 0.241 e. The van der Waals surface area contributed by atoms with E-state index in [1.807, 2.05) is 24.3 Å². The Bertz CT molecular complexity index is 761. The molecule has 0 atom stereocenters. The molecule has 0 fully saturated rings. The molecule has 0 bridgehead atoms. The van der Waals surface area contributed by atoms with E-state index in [1.165, 1.54) is 6.07 Å². The van der Waals surface area contributed by atoms with Crippen LogP contribution in [0.25, 0.3) is 0 Å². The van der Waals surface area contributed by atoms with Gasteiger partial charge in [0.1, 0.15) is 17.3 Å². The number of rotatable bonds is 4. The van der Waals surface area contributed by atoms with Crippen LogP contribution in [0, 0.1) is 10.5 Å². The fourth-order valence-corrected chi connectivity index (χ4v) is 3.68. The van der Waals surface area contributed by atoms with Crippen LogP contribution in [0.4, 0.5) is 0 Å². The summed E-state index contributed by atoms with van der Waals surface area (Å²) in [5.74, 6) is 0.291. The Kier molecular flexibility index (Phi) is 5.29. The first kappa shape index (κ1) is 16.7. The molecule has 0 aliphatic carbocycles. The minimum Gasteiger partial charge on any atom is -0.487 e. The van der Waals surface area contributed by atoms with Crippen molar-refractivity contribution in [3.05, 3.63) is 55.6 Å². The molecule has 0 aliphatic heterocycles. The van der Waals surface area contributed by atoms with Crippen molar-refractivity contribution in [2.75, 3.05) is 0 Å². The second-order valence-corrected chi connectivity index (χ2v) is 8.20. The van der Waals surface area contributed by atoms with E-state index in [0.29, 0.717) is 15.8 Å². The van der Waals surface area contributed by atoms with Gasteiger partial charge in [-0.05, 0) is 64.9 Å². The Balaban J connectivity index is 2.33. The van der Waals surface area contributed by atoms with Gasteiger partial charge in [-0.2, -0.15) is 0 Å². The highest BCUT2D eigenvalue weighted by Crippen LogP contribution is 2.31. The van der Waals surface area contributed by atoms with E-state index in [4.69, 9.17) is 9.88 Å². The Labute approximate surface area is 146 Å². The van der Waals surface area contributed by atoms with E-state index >= 15 is 0 Å². The molecule has 2 aromatic carbocycles. The van der Waals surface area contributed by atoms with E-state index in [-0.39, 0.29) is 11.5 Å². The fourth-order valence-electron chi connectivity index (χ4n) is 1.83. The summed E-state index contributed by atoms with van der Waals surface area (Å²) in [5.41, 5.74) is 1.66. The van der Waals surface area contributed by atoms with Gasteiger partial charge in [0.15, 0.2) is 0 Å². The Morgan fingerprint density at radius 2 is 1.86 bits per heavy atom. The summed E-state index contributed by atoms with van der Waals surface area (Å²) in [6, 6.07) is 11.0. The van der Waals surface area contributed by atoms with Crippen LogP contribution in [-0.4, -0.2) is 8.42 Å². The zero-order valence-corrected chi connectivity index (χ0v) is 15.7. The first-order valence-electron chi connectivity index (χ1n) is 5.97. The molecule has 4 nitrogen and oxygen atoms in total. The first-order valence-corrected chi connectivity index (χ1v) is 9.39. The number of halogens is 2. The topological polar surface area (TPSA) is 69.4 Å². The average Bonchev–Trinajstić information content (AvgIpc) is 2.38. The van der Waals surface area contributed by atoms with Crippen LogP contribution in [0.1, 0.15) is 11.1 Å². The number of hydrogen-bond acceptors (Lipinski definition) is 3. The molecule has 7 heteroatoms. The van der Waals surface area contributed by atoms with Gasteiger partial charge in [-0.15, -0.1) is 0 Å². The number of sulfonamides is 1. The zero-order chi connectivity index (χ0) is 15.6. The summed E-state index contributed by atoms with van der Waals surface area (Å²) in [6.07, 6.45) is 0. The van der Waals surface area contributed by atoms with Crippen LogP contribution in [0.5, 0.6) is 5.75 Å². The third-order valence-corrected chi connectivity index (χ3v) is 4.90. The molecule has 0 aromatic heterocycles. The molecule has 2 aromatic rings. The number of benzene rings is 2. The van der Waals surface area contributed by atoms with Crippen LogP contribution in [0.3, 0.4) is 0 Å². The van der Waals surface area contributed by atoms with Gasteiger partial charge in [-0.25, -0.2) is 13.6 Å². The lowest BCUT2D eigenvalue weighted by molar-refractivity contribution is 0.295. The van der Waals surface area contributed by atoms with Crippen molar-refractivity contribution in [2.24, 2.45) is 5.14 Å². The van der Waals surface area contributed by atoms with Crippen molar-refractivity contribution in [3.8, 4) is 5.75 Å². The zero-order valence-electron chi connectivity index (χ0n) is 11.1. The summed E-state index contributed by atoms with van der Waals surface area (Å²) < 4.78 is 30.8. The van der Waals surface area contributed by atoms with Crippen molar-refractivity contribution in [1.82, 2.24) is 0 Å². The molecule has 2 N–H and O–H groups in total. The van der Waals surface area contributed by atoms with Gasteiger partial charge in [0, 0.05) is 8.04 Å². The van der Waals surface area contributed by atoms with Gasteiger partial charge in [-0.1, -0.05) is 28.1 Å². The first-order chi connectivity index (χ1) is 9.77. The Morgan fingerprint density at radius 3 is 2.43 bits per heavy atom. The lowest BCUT2D eigenvalue weighted by atomic mass is 10.2. The Hall–Kier alpha value is -0.640. The summed E-state index contributed by atoms with van der Waals surface area (Å²) in [7, 11) is -3.85. The molecular weight excluding hydrogens is 469 g/mol. The Morgan fingerprint density at radius 1 is 1.24 bits per heavy atom. The van der Waals surface area contributed by atoms with Crippen molar-refractivity contribution in [3.63, 3.8) is 0 Å². The minimum absolute atomic E-state index is 0.0140. The lowest BCUT2D eigenvalue weighted by Crippen LogP contribution is -2.14. The van der Waals surface area contributed by atoms with Gasteiger partial charge < -0.3 is 4.74 Å². The quantitative estimate of drug-likeness (QED) is 0.678. The normalized spacial score (nSPS) is 11.4. The van der Waals surface area contributed by atoms with Crippen LogP contribution in [-0.2, 0) is 16.6 Å². The molecule has 21 heavy (non-hydrogen) atoms. The highest BCUT2D eigenvalue weighted by atomic mass is 127. The van der Waals surface area contributed by atoms with Crippen molar-refractivity contribution in [2.45, 2.75) is 18.4 Å². The molecular formula is C14H13BrINO3S. The van der Waals surface area contributed by atoms with E-state index in [0.717, 1.165) is 9.13 Å². The highest BCUT2D eigenvalue weighted by Gasteiger charge is 2.18. The number of aryl methyl sites for hydroxylation is 1. The summed E-state index contributed by atoms with van der Waals surface area (Å²) in [5, 5.41) is 5.25. The monoisotopic (exact) mass is 481 g/mol. The maximum atomic E-state index is 11.7. The molecule has 0 amide bonds. The average molecular weight is 482 g/mol. The second-order valence-electron chi connectivity index (χ2n) is 4.51. The minimum atomic E-state index is -3.85. The van der Waals surface area contributed by atoms with Gasteiger partial charge in [-0.3, -0.25) is 0 Å². The van der Waals surface area contributed by atoms with Gasteiger partial charge in [0.25, 0.3) is 0 Å². The van der Waals surface area contributed by atoms with Crippen molar-refractivity contribution in [1.29, 1.82) is 0 Å². The summed E-state index contributed by atoms with van der Waals surface area (Å²) in [6.45, 7) is 2.06. The fraction of sp³-hybridized carbons (Fsp3) is 0.143. The lowest BCUT2D eigenvalue weighted by Gasteiger charge is -2.14. The van der Waals surface area contributed by atoms with E-state index in [9.17, 15) is 8.42 Å². The maximum absolute atomic E-state index is 11.7. The molecule has 0 spiro atoms. The molecule has 0 unspecified atom stereocenters. The summed E-state index contributed by atoms with van der Waals surface area (Å²) in [4.78, 5) is -0.0140. The third kappa shape index (κ3) is 4.41. The predicted octanol–water partition coefficient (Wildman–Crippen LogP) is 3.59. The molecule has 112 valence electrons. The van der Waals surface area contributed by atoms with Crippen molar-refractivity contribution >= 4 is 48.5 Å². The number of ether oxygens (including phenoxy) is 1. The number of hydrogen-bond donors (Lipinski definition) is 1. The SMILES string of the molecule is Cc1cc(Br)cc(S(N)(=O)=O)c1OCc1ccc(I)cc1. The third-order valence-electron chi connectivity index (χ3n) is 2.81. The predicted molar refractivity (Wildman–Crippen MR) is 93.7 cm³/mol. The molecule has 0 saturated heterocycles. The van der Waals surface area contributed by atoms with Gasteiger partial charge in [0.2, 0.25) is 10.0 Å². The molecule has 0 saturated carbocycles. The van der Waals surface area contributed by atoms with E-state index in [1.54, 1.807) is 13.0 Å². The van der Waals surface area contributed by atoms with E-state index in [2.05, 4.69) is 38.5 Å². The molecule has 0 heterocycles. The largest absolute Gasteiger partial charge is 0.487 e. The van der Waals surface area contributed by atoms with E-state index < -0.39 is 10.0 Å². The summed E-state index contributed by atoms with van der Waals surface area (Å²) >= 11 is 5.49. The molecule has 2 rings (SSSR count). The molecule has 0 radical (unpaired) electrons. The number of nitrogens with two attached hydrogens (primary N) is 1. The van der Waals surface area contributed by atoms with Crippen LogP contribution < -0.4 is 9.88 Å². The second kappa shape index (κ2) is 6.64. The van der Waals surface area contributed by atoms with Crippen LogP contribution >= 0.6 is 38.5 Å². The highest BCUT2D eigenvalue weighted by molar-refractivity contribution is 14.1. The van der Waals surface area contributed by atoms with Crippen LogP contribution in [0.15, 0.2) is 45.8 Å². The number of primary sulfonamides is 1. The maximum Gasteiger partial charge on any atom is 0.241 e. The van der Waals surface area contributed by atoms with Gasteiger partial charge in [0.05, 0.1) is 0 Å².